The molecule has 0 N–H and O–H groups in total. The molecule has 0 aliphatic heterocycles. The van der Waals surface area contributed by atoms with Crippen LogP contribution >= 0.6 is 0 Å². The first kappa shape index (κ1) is 12.9. The van der Waals surface area contributed by atoms with E-state index in [9.17, 15) is 0 Å². The minimum atomic E-state index is 0.0174. The minimum Gasteiger partial charge on any atom is -0.382 e. The van der Waals surface area contributed by atoms with Gasteiger partial charge in [0, 0.05) is 7.11 Å². The summed E-state index contributed by atoms with van der Waals surface area (Å²) in [5.41, 5.74) is 0. The van der Waals surface area contributed by atoms with Crippen LogP contribution < -0.4 is 0 Å². The smallest absolute Gasteiger partial charge is 0.0785 e. The zero-order valence-electron chi connectivity index (χ0n) is 9.08. The summed E-state index contributed by atoms with van der Waals surface area (Å²) >= 11 is 0. The average molecular weight is 189 g/mol. The van der Waals surface area contributed by atoms with Crippen molar-refractivity contribution in [1.82, 2.24) is 0 Å². The summed E-state index contributed by atoms with van der Waals surface area (Å²) in [6.07, 6.45) is 0.224. The van der Waals surface area contributed by atoms with E-state index in [0.29, 0.717) is 13.2 Å². The summed E-state index contributed by atoms with van der Waals surface area (Å²) in [4.78, 5) is 0. The Labute approximate surface area is 81.4 Å². The summed E-state index contributed by atoms with van der Waals surface area (Å²) in [6.45, 7) is 10.8. The van der Waals surface area contributed by atoms with Gasteiger partial charge in [-0.25, -0.2) is 0 Å². The van der Waals surface area contributed by atoms with Gasteiger partial charge in [-0.3, -0.25) is 0 Å². The first-order valence-corrected chi connectivity index (χ1v) is 4.65. The normalized spacial score (nSPS) is 16.2. The molecule has 0 aliphatic carbocycles. The van der Waals surface area contributed by atoms with E-state index < -0.39 is 0 Å². The molecule has 0 aromatic rings. The van der Waals surface area contributed by atoms with E-state index in [2.05, 4.69) is 6.92 Å². The molecule has 3 unspecified atom stereocenters. The van der Waals surface area contributed by atoms with Crippen molar-refractivity contribution in [3.05, 3.63) is 6.92 Å². The molecule has 3 atom stereocenters. The Morgan fingerprint density at radius 1 is 1.08 bits per heavy atom. The van der Waals surface area contributed by atoms with Gasteiger partial charge in [0.2, 0.25) is 0 Å². The van der Waals surface area contributed by atoms with Gasteiger partial charge in [0.05, 0.1) is 31.5 Å². The zero-order valence-corrected chi connectivity index (χ0v) is 9.08. The monoisotopic (exact) mass is 189 g/mol. The van der Waals surface area contributed by atoms with Gasteiger partial charge in [0.15, 0.2) is 0 Å². The highest BCUT2D eigenvalue weighted by Crippen LogP contribution is 2.00. The summed E-state index contributed by atoms with van der Waals surface area (Å²) < 4.78 is 15.8. The van der Waals surface area contributed by atoms with Crippen molar-refractivity contribution >= 4 is 0 Å². The summed E-state index contributed by atoms with van der Waals surface area (Å²) in [7, 11) is 1.67. The highest BCUT2D eigenvalue weighted by Gasteiger charge is 2.08. The van der Waals surface area contributed by atoms with Crippen LogP contribution in [0.2, 0.25) is 0 Å². The first-order valence-electron chi connectivity index (χ1n) is 4.65. The van der Waals surface area contributed by atoms with Crippen LogP contribution in [0.25, 0.3) is 0 Å². The largest absolute Gasteiger partial charge is 0.382 e. The second-order valence-electron chi connectivity index (χ2n) is 3.36. The molecule has 0 aromatic carbocycles. The van der Waals surface area contributed by atoms with E-state index in [1.165, 1.54) is 0 Å². The highest BCUT2D eigenvalue weighted by atomic mass is 16.6. The van der Waals surface area contributed by atoms with Gasteiger partial charge >= 0.3 is 0 Å². The third-order valence-corrected chi connectivity index (χ3v) is 1.48. The molecule has 0 bridgehead atoms. The zero-order chi connectivity index (χ0) is 10.3. The van der Waals surface area contributed by atoms with Crippen LogP contribution in [-0.4, -0.2) is 38.6 Å². The molecule has 79 valence electrons. The van der Waals surface area contributed by atoms with E-state index in [0.717, 1.165) is 0 Å². The van der Waals surface area contributed by atoms with Gasteiger partial charge < -0.3 is 14.2 Å². The van der Waals surface area contributed by atoms with Crippen molar-refractivity contribution in [1.29, 1.82) is 0 Å². The lowest BCUT2D eigenvalue weighted by molar-refractivity contribution is -0.0709. The molecule has 0 aromatic heterocycles. The molecule has 1 radical (unpaired) electrons. The molecule has 0 saturated heterocycles. The van der Waals surface area contributed by atoms with Crippen molar-refractivity contribution < 1.29 is 14.2 Å². The van der Waals surface area contributed by atoms with Crippen LogP contribution in [0, 0.1) is 6.92 Å². The maximum absolute atomic E-state index is 5.56. The predicted molar refractivity (Wildman–Crippen MR) is 52.7 cm³/mol. The van der Waals surface area contributed by atoms with Crippen LogP contribution in [0.4, 0.5) is 0 Å². The Hall–Kier alpha value is -0.120. The molecule has 0 aliphatic rings. The Morgan fingerprint density at radius 2 is 1.62 bits per heavy atom. The quantitative estimate of drug-likeness (QED) is 0.609. The van der Waals surface area contributed by atoms with E-state index in [-0.39, 0.29) is 18.3 Å². The fourth-order valence-corrected chi connectivity index (χ4v) is 1.01. The van der Waals surface area contributed by atoms with E-state index in [1.54, 1.807) is 7.11 Å². The van der Waals surface area contributed by atoms with Crippen LogP contribution in [0.3, 0.4) is 0 Å². The highest BCUT2D eigenvalue weighted by molar-refractivity contribution is 4.56. The van der Waals surface area contributed by atoms with Crippen molar-refractivity contribution in [3.63, 3.8) is 0 Å². The van der Waals surface area contributed by atoms with Crippen molar-refractivity contribution in [2.45, 2.75) is 39.1 Å². The van der Waals surface area contributed by atoms with Crippen LogP contribution in [0.1, 0.15) is 20.8 Å². The van der Waals surface area contributed by atoms with Gasteiger partial charge in [0.25, 0.3) is 0 Å². The second kappa shape index (κ2) is 7.30. The molecule has 13 heavy (non-hydrogen) atoms. The minimum absolute atomic E-state index is 0.0174. The standard InChI is InChI=1S/C10H21O3/c1-8(2)12-7-10(4)13-9(3)6-11-5/h8-10H,1,6-7H2,2-5H3. The van der Waals surface area contributed by atoms with Gasteiger partial charge in [-0.1, -0.05) is 0 Å². The fourth-order valence-electron chi connectivity index (χ4n) is 1.01. The molecule has 0 saturated carbocycles. The molecule has 3 heteroatoms. The van der Waals surface area contributed by atoms with E-state index in [1.807, 2.05) is 20.8 Å². The molecule has 0 heterocycles. The Kier molecular flexibility index (Phi) is 7.23. The van der Waals surface area contributed by atoms with Gasteiger partial charge in [-0.05, 0) is 27.7 Å². The number of methoxy groups -OCH3 is 1. The predicted octanol–water partition coefficient (Wildman–Crippen LogP) is 1.67. The summed E-state index contributed by atoms with van der Waals surface area (Å²) in [5.74, 6) is 0. The Balaban J connectivity index is 3.43. The SMILES string of the molecule is [CH2]C(C)OCC(C)OC(C)COC. The molecular weight excluding hydrogens is 168 g/mol. The third kappa shape index (κ3) is 8.22. The average Bonchev–Trinajstić information content (AvgIpc) is 2.01. The molecular formula is C10H21O3. The summed E-state index contributed by atoms with van der Waals surface area (Å²) in [5, 5.41) is 0. The fraction of sp³-hybridized carbons (Fsp3) is 0.900. The second-order valence-corrected chi connectivity index (χ2v) is 3.36. The molecule has 0 rings (SSSR count). The van der Waals surface area contributed by atoms with E-state index in [4.69, 9.17) is 14.2 Å². The van der Waals surface area contributed by atoms with Gasteiger partial charge in [-0.15, -0.1) is 0 Å². The van der Waals surface area contributed by atoms with Crippen LogP contribution in [0.15, 0.2) is 0 Å². The Morgan fingerprint density at radius 3 is 2.08 bits per heavy atom. The number of ether oxygens (including phenoxy) is 3. The first-order chi connectivity index (χ1) is 6.06. The van der Waals surface area contributed by atoms with Crippen molar-refractivity contribution in [3.8, 4) is 0 Å². The van der Waals surface area contributed by atoms with Crippen LogP contribution in [0.5, 0.6) is 0 Å². The molecule has 0 amide bonds. The van der Waals surface area contributed by atoms with E-state index >= 15 is 0 Å². The lowest BCUT2D eigenvalue weighted by Crippen LogP contribution is -2.26. The lowest BCUT2D eigenvalue weighted by Gasteiger charge is -2.19. The van der Waals surface area contributed by atoms with Crippen molar-refractivity contribution in [2.75, 3.05) is 20.3 Å². The lowest BCUT2D eigenvalue weighted by atomic mass is 10.3. The summed E-state index contributed by atoms with van der Waals surface area (Å²) in [6, 6.07) is 0. The maximum atomic E-state index is 5.56. The molecule has 0 fully saturated rings. The molecule has 0 spiro atoms. The number of hydrogen-bond donors (Lipinski definition) is 0. The molecule has 3 nitrogen and oxygen atoms in total. The number of hydrogen-bond acceptors (Lipinski definition) is 3. The topological polar surface area (TPSA) is 27.7 Å². The third-order valence-electron chi connectivity index (χ3n) is 1.48. The van der Waals surface area contributed by atoms with Gasteiger partial charge in [-0.2, -0.15) is 0 Å². The van der Waals surface area contributed by atoms with Crippen LogP contribution in [-0.2, 0) is 14.2 Å². The van der Waals surface area contributed by atoms with Gasteiger partial charge in [0.1, 0.15) is 0 Å². The number of rotatable bonds is 7. The maximum Gasteiger partial charge on any atom is 0.0785 e. The Bertz CT molecular complexity index is 115. The van der Waals surface area contributed by atoms with Crippen molar-refractivity contribution in [2.24, 2.45) is 0 Å².